The molecule has 4 atom stereocenters. The van der Waals surface area contributed by atoms with E-state index in [0.717, 1.165) is 5.57 Å². The topological polar surface area (TPSA) is 49.7 Å². The Bertz CT molecular complexity index is 226. The van der Waals surface area contributed by atoms with Crippen LogP contribution in [0.15, 0.2) is 12.2 Å². The van der Waals surface area contributed by atoms with Crippen LogP contribution in [0.2, 0.25) is 0 Å². The first kappa shape index (κ1) is 8.23. The lowest BCUT2D eigenvalue weighted by atomic mass is 9.97. The summed E-state index contributed by atoms with van der Waals surface area (Å²) < 4.78 is 5.52. The van der Waals surface area contributed by atoms with Gasteiger partial charge >= 0.3 is 0 Å². The summed E-state index contributed by atoms with van der Waals surface area (Å²) in [5, 5.41) is 18.9. The van der Waals surface area contributed by atoms with Crippen LogP contribution in [0.25, 0.3) is 0 Å². The number of fused-ring (bicyclic) bond motifs is 2. The number of aliphatic hydroxyl groups excluding tert-OH is 2. The average Bonchev–Trinajstić information content (AvgIpc) is 2.37. The fourth-order valence-electron chi connectivity index (χ4n) is 2.49. The summed E-state index contributed by atoms with van der Waals surface area (Å²) in [5.41, 5.74) is 0.275. The van der Waals surface area contributed by atoms with Crippen LogP contribution < -0.4 is 0 Å². The molecule has 12 heavy (non-hydrogen) atoms. The molecule has 3 heteroatoms. The van der Waals surface area contributed by atoms with Crippen molar-refractivity contribution in [2.75, 3.05) is 6.61 Å². The second-order valence-electron chi connectivity index (χ2n) is 3.85. The zero-order valence-electron chi connectivity index (χ0n) is 7.16. The van der Waals surface area contributed by atoms with E-state index in [9.17, 15) is 5.11 Å². The van der Waals surface area contributed by atoms with E-state index in [0.29, 0.717) is 6.42 Å². The van der Waals surface area contributed by atoms with E-state index in [1.165, 1.54) is 0 Å². The van der Waals surface area contributed by atoms with Gasteiger partial charge in [0.15, 0.2) is 0 Å². The molecule has 1 saturated heterocycles. The van der Waals surface area contributed by atoms with Crippen LogP contribution in [-0.2, 0) is 4.74 Å². The Morgan fingerprint density at radius 3 is 2.75 bits per heavy atom. The summed E-state index contributed by atoms with van der Waals surface area (Å²) in [7, 11) is 0. The van der Waals surface area contributed by atoms with Gasteiger partial charge in [0.1, 0.15) is 5.60 Å². The van der Waals surface area contributed by atoms with E-state index in [-0.39, 0.29) is 18.6 Å². The van der Waals surface area contributed by atoms with E-state index in [4.69, 9.17) is 9.84 Å². The SMILES string of the molecule is C=C1C[C@]2(CO)O[C@@H](C)[C@H]1[C@H]2O. The molecule has 2 N–H and O–H groups in total. The minimum Gasteiger partial charge on any atom is -0.393 e. The molecular weight excluding hydrogens is 156 g/mol. The van der Waals surface area contributed by atoms with E-state index in [1.807, 2.05) is 6.92 Å². The van der Waals surface area contributed by atoms with Gasteiger partial charge in [-0.1, -0.05) is 12.2 Å². The largest absolute Gasteiger partial charge is 0.393 e. The van der Waals surface area contributed by atoms with Gasteiger partial charge in [-0.2, -0.15) is 0 Å². The van der Waals surface area contributed by atoms with Crippen LogP contribution in [0.5, 0.6) is 0 Å². The van der Waals surface area contributed by atoms with E-state index in [2.05, 4.69) is 6.58 Å². The quantitative estimate of drug-likeness (QED) is 0.548. The molecule has 3 nitrogen and oxygen atoms in total. The molecule has 0 radical (unpaired) electrons. The zero-order valence-corrected chi connectivity index (χ0v) is 7.16. The smallest absolute Gasteiger partial charge is 0.122 e. The predicted molar refractivity (Wildman–Crippen MR) is 43.6 cm³/mol. The molecule has 0 aromatic rings. The van der Waals surface area contributed by atoms with Gasteiger partial charge in [-0.3, -0.25) is 0 Å². The second kappa shape index (κ2) is 2.31. The number of aliphatic hydroxyl groups is 2. The molecule has 2 fully saturated rings. The molecule has 2 bridgehead atoms. The lowest BCUT2D eigenvalue weighted by molar-refractivity contribution is -0.106. The second-order valence-corrected chi connectivity index (χ2v) is 3.85. The summed E-state index contributed by atoms with van der Waals surface area (Å²) in [6, 6.07) is 0. The van der Waals surface area contributed by atoms with Crippen molar-refractivity contribution in [3.8, 4) is 0 Å². The van der Waals surface area contributed by atoms with Crippen molar-refractivity contribution in [2.24, 2.45) is 5.92 Å². The Kier molecular flexibility index (Phi) is 1.59. The van der Waals surface area contributed by atoms with Gasteiger partial charge in [-0.05, 0) is 6.92 Å². The Morgan fingerprint density at radius 1 is 1.75 bits per heavy atom. The highest BCUT2D eigenvalue weighted by Crippen LogP contribution is 2.50. The van der Waals surface area contributed by atoms with Crippen molar-refractivity contribution >= 4 is 0 Å². The normalized spacial score (nSPS) is 51.9. The highest BCUT2D eigenvalue weighted by molar-refractivity contribution is 5.25. The minimum absolute atomic E-state index is 0.00611. The molecule has 1 heterocycles. The maximum Gasteiger partial charge on any atom is 0.122 e. The van der Waals surface area contributed by atoms with Gasteiger partial charge in [0.05, 0.1) is 18.8 Å². The van der Waals surface area contributed by atoms with Gasteiger partial charge in [-0.25, -0.2) is 0 Å². The monoisotopic (exact) mass is 170 g/mol. The summed E-state index contributed by atoms with van der Waals surface area (Å²) in [5.74, 6) is 0.0251. The van der Waals surface area contributed by atoms with Crippen molar-refractivity contribution in [3.63, 3.8) is 0 Å². The summed E-state index contributed by atoms with van der Waals surface area (Å²) in [4.78, 5) is 0. The molecule has 0 aromatic carbocycles. The molecular formula is C9H14O3. The Balaban J connectivity index is 2.34. The zero-order chi connectivity index (χ0) is 8.93. The highest BCUT2D eigenvalue weighted by Gasteiger charge is 2.59. The molecule has 1 aliphatic carbocycles. The Morgan fingerprint density at radius 2 is 2.42 bits per heavy atom. The third kappa shape index (κ3) is 0.762. The molecule has 0 aromatic heterocycles. The standard InChI is InChI=1S/C9H14O3/c1-5-3-9(4-10)8(11)7(5)6(2)12-9/h6-8,10-11H,1,3-4H2,2H3/t6-,7-,8+,9+/m0/s1. The van der Waals surface area contributed by atoms with Crippen molar-refractivity contribution in [1.29, 1.82) is 0 Å². The lowest BCUT2D eigenvalue weighted by Crippen LogP contribution is -2.40. The maximum atomic E-state index is 9.77. The average molecular weight is 170 g/mol. The van der Waals surface area contributed by atoms with Crippen molar-refractivity contribution in [1.82, 2.24) is 0 Å². The van der Waals surface area contributed by atoms with Crippen LogP contribution in [-0.4, -0.2) is 34.6 Å². The summed E-state index contributed by atoms with van der Waals surface area (Å²) >= 11 is 0. The van der Waals surface area contributed by atoms with Crippen LogP contribution in [0.1, 0.15) is 13.3 Å². The first-order chi connectivity index (χ1) is 5.60. The van der Waals surface area contributed by atoms with Crippen LogP contribution in [0, 0.1) is 5.92 Å². The molecule has 68 valence electrons. The molecule has 2 aliphatic rings. The summed E-state index contributed by atoms with van der Waals surface area (Å²) in [6.07, 6.45) is 0.0260. The van der Waals surface area contributed by atoms with E-state index < -0.39 is 11.7 Å². The Labute approximate surface area is 71.7 Å². The van der Waals surface area contributed by atoms with E-state index >= 15 is 0 Å². The lowest BCUT2D eigenvalue weighted by Gasteiger charge is -2.28. The number of ether oxygens (including phenoxy) is 1. The van der Waals surface area contributed by atoms with Crippen LogP contribution in [0.3, 0.4) is 0 Å². The first-order valence-corrected chi connectivity index (χ1v) is 4.25. The maximum absolute atomic E-state index is 9.77. The van der Waals surface area contributed by atoms with Gasteiger partial charge in [0.25, 0.3) is 0 Å². The first-order valence-electron chi connectivity index (χ1n) is 4.25. The van der Waals surface area contributed by atoms with E-state index in [1.54, 1.807) is 0 Å². The van der Waals surface area contributed by atoms with Crippen molar-refractivity contribution < 1.29 is 14.9 Å². The highest BCUT2D eigenvalue weighted by atomic mass is 16.5. The number of hydrogen-bond donors (Lipinski definition) is 2. The molecule has 1 saturated carbocycles. The van der Waals surface area contributed by atoms with Crippen molar-refractivity contribution in [2.45, 2.75) is 31.2 Å². The third-order valence-corrected chi connectivity index (χ3v) is 3.07. The van der Waals surface area contributed by atoms with Crippen LogP contribution in [0.4, 0.5) is 0 Å². The molecule has 1 aliphatic heterocycles. The third-order valence-electron chi connectivity index (χ3n) is 3.07. The number of hydrogen-bond acceptors (Lipinski definition) is 3. The van der Waals surface area contributed by atoms with Gasteiger partial charge in [0, 0.05) is 12.3 Å². The van der Waals surface area contributed by atoms with Gasteiger partial charge < -0.3 is 14.9 Å². The fraction of sp³-hybridized carbons (Fsp3) is 0.778. The van der Waals surface area contributed by atoms with Crippen molar-refractivity contribution in [3.05, 3.63) is 12.2 Å². The predicted octanol–water partition coefficient (Wildman–Crippen LogP) is 0.0732. The number of rotatable bonds is 1. The minimum atomic E-state index is -0.735. The van der Waals surface area contributed by atoms with Gasteiger partial charge in [0.2, 0.25) is 0 Å². The van der Waals surface area contributed by atoms with Gasteiger partial charge in [-0.15, -0.1) is 0 Å². The molecule has 0 spiro atoms. The molecule has 0 unspecified atom stereocenters. The summed E-state index contributed by atoms with van der Waals surface area (Å²) in [6.45, 7) is 5.67. The Hall–Kier alpha value is -0.380. The fourth-order valence-corrected chi connectivity index (χ4v) is 2.49. The van der Waals surface area contributed by atoms with Crippen LogP contribution >= 0.6 is 0 Å². The molecule has 0 amide bonds. The molecule has 2 rings (SSSR count).